The normalized spacial score (nSPS) is 12.6. The van der Waals surface area contributed by atoms with Gasteiger partial charge in [0.25, 0.3) is 0 Å². The Kier molecular flexibility index (Phi) is 31.2. The Morgan fingerprint density at radius 1 is 0.585 bits per heavy atom. The summed E-state index contributed by atoms with van der Waals surface area (Å²) < 4.78 is 5.55. The van der Waals surface area contributed by atoms with Crippen molar-refractivity contribution in [2.45, 2.75) is 187 Å². The van der Waals surface area contributed by atoms with Crippen LogP contribution >= 0.6 is 0 Å². The molecule has 0 aromatic heterocycles. The van der Waals surface area contributed by atoms with Gasteiger partial charge in [-0.2, -0.15) is 0 Å². The lowest BCUT2D eigenvalue weighted by Gasteiger charge is -2.16. The molecule has 238 valence electrons. The van der Waals surface area contributed by atoms with Crippen molar-refractivity contribution in [2.75, 3.05) is 0 Å². The number of hydrogen-bond donors (Lipinski definition) is 1. The Bertz CT molecular complexity index is 664. The third-order valence-corrected chi connectivity index (χ3v) is 7.61. The number of allylic oxidation sites excluding steroid dienone is 6. The van der Waals surface area contributed by atoms with E-state index < -0.39 is 12.1 Å². The lowest BCUT2D eigenvalue weighted by molar-refractivity contribution is -0.153. The molecule has 1 unspecified atom stereocenters. The van der Waals surface area contributed by atoms with Crippen LogP contribution in [0.1, 0.15) is 181 Å². The predicted molar refractivity (Wildman–Crippen MR) is 176 cm³/mol. The molecular formula is C37H66O4. The lowest BCUT2D eigenvalue weighted by Crippen LogP contribution is -2.21. The number of aliphatic carboxylic acids is 1. The van der Waals surface area contributed by atoms with Gasteiger partial charge in [0.15, 0.2) is 0 Å². The fourth-order valence-corrected chi connectivity index (χ4v) is 5.10. The van der Waals surface area contributed by atoms with E-state index in [1.165, 1.54) is 96.3 Å². The van der Waals surface area contributed by atoms with E-state index in [4.69, 9.17) is 4.74 Å². The predicted octanol–water partition coefficient (Wildman–Crippen LogP) is 11.8. The zero-order valence-electron chi connectivity index (χ0n) is 27.1. The van der Waals surface area contributed by atoms with Crippen LogP contribution in [0.25, 0.3) is 0 Å². The van der Waals surface area contributed by atoms with Crippen LogP contribution in [0, 0.1) is 0 Å². The number of unbranched alkanes of at least 4 members (excludes halogenated alkanes) is 18. The average molecular weight is 575 g/mol. The second-order valence-corrected chi connectivity index (χ2v) is 11.7. The molecule has 4 nitrogen and oxygen atoms in total. The second-order valence-electron chi connectivity index (χ2n) is 11.7. The molecule has 0 rings (SSSR count). The molecule has 0 aliphatic heterocycles. The minimum Gasteiger partial charge on any atom is -0.481 e. The minimum absolute atomic E-state index is 0.0754. The lowest BCUT2D eigenvalue weighted by atomic mass is 10.0. The molecular weight excluding hydrogens is 508 g/mol. The summed E-state index contributed by atoms with van der Waals surface area (Å²) in [6, 6.07) is 0. The molecule has 1 atom stereocenters. The van der Waals surface area contributed by atoms with Crippen molar-refractivity contribution >= 4 is 11.9 Å². The number of carbonyl (C=O) groups excluding carboxylic acids is 1. The first kappa shape index (κ1) is 39.2. The molecule has 0 aliphatic carbocycles. The van der Waals surface area contributed by atoms with Crippen molar-refractivity contribution < 1.29 is 19.4 Å². The van der Waals surface area contributed by atoms with Gasteiger partial charge in [0.2, 0.25) is 0 Å². The van der Waals surface area contributed by atoms with Crippen LogP contribution < -0.4 is 0 Å². The molecule has 0 spiro atoms. The summed E-state index contributed by atoms with van der Waals surface area (Å²) >= 11 is 0. The van der Waals surface area contributed by atoms with E-state index >= 15 is 0 Å². The Morgan fingerprint density at radius 3 is 1.59 bits per heavy atom. The quantitative estimate of drug-likeness (QED) is 0.0508. The smallest absolute Gasteiger partial charge is 0.307 e. The van der Waals surface area contributed by atoms with Gasteiger partial charge in [0, 0.05) is 6.42 Å². The van der Waals surface area contributed by atoms with Crippen molar-refractivity contribution in [1.29, 1.82) is 0 Å². The summed E-state index contributed by atoms with van der Waals surface area (Å²) in [4.78, 5) is 23.5. The summed E-state index contributed by atoms with van der Waals surface area (Å²) in [5.74, 6) is -1.11. The van der Waals surface area contributed by atoms with Crippen molar-refractivity contribution in [3.05, 3.63) is 36.5 Å². The Hall–Kier alpha value is -1.84. The third kappa shape index (κ3) is 32.5. The largest absolute Gasteiger partial charge is 0.481 e. The molecule has 0 radical (unpaired) electrons. The number of hydrogen-bond acceptors (Lipinski definition) is 3. The summed E-state index contributed by atoms with van der Waals surface area (Å²) in [6.07, 6.45) is 41.6. The Morgan fingerprint density at radius 2 is 1.05 bits per heavy atom. The van der Waals surface area contributed by atoms with Gasteiger partial charge in [-0.25, -0.2) is 0 Å². The van der Waals surface area contributed by atoms with Gasteiger partial charge in [0.1, 0.15) is 6.10 Å². The molecule has 1 N–H and O–H groups in total. The van der Waals surface area contributed by atoms with Crippen LogP contribution in [-0.4, -0.2) is 23.1 Å². The molecule has 0 bridgehead atoms. The number of ether oxygens (including phenoxy) is 1. The molecule has 0 amide bonds. The molecule has 0 saturated carbocycles. The first-order chi connectivity index (χ1) is 20.1. The zero-order valence-corrected chi connectivity index (χ0v) is 27.1. The van der Waals surface area contributed by atoms with Gasteiger partial charge < -0.3 is 9.84 Å². The second kappa shape index (κ2) is 32.7. The number of esters is 1. The highest BCUT2D eigenvalue weighted by molar-refractivity contribution is 5.71. The highest BCUT2D eigenvalue weighted by Gasteiger charge is 2.17. The number of carboxylic acid groups (broad SMARTS) is 1. The monoisotopic (exact) mass is 574 g/mol. The van der Waals surface area contributed by atoms with E-state index in [1.54, 1.807) is 0 Å². The summed E-state index contributed by atoms with van der Waals surface area (Å²) in [7, 11) is 0. The Labute approximate surface area is 254 Å². The van der Waals surface area contributed by atoms with Crippen LogP contribution in [0.2, 0.25) is 0 Å². The van der Waals surface area contributed by atoms with Crippen LogP contribution in [0.5, 0.6) is 0 Å². The highest BCUT2D eigenvalue weighted by Crippen LogP contribution is 2.16. The molecule has 0 aromatic carbocycles. The Balaban J connectivity index is 3.65. The van der Waals surface area contributed by atoms with Crippen LogP contribution in [-0.2, 0) is 14.3 Å². The molecule has 0 heterocycles. The fraction of sp³-hybridized carbons (Fsp3) is 0.784. The summed E-state index contributed by atoms with van der Waals surface area (Å²) in [6.45, 7) is 4.41. The van der Waals surface area contributed by atoms with E-state index in [0.29, 0.717) is 12.8 Å². The highest BCUT2D eigenvalue weighted by atomic mass is 16.5. The fourth-order valence-electron chi connectivity index (χ4n) is 5.10. The zero-order chi connectivity index (χ0) is 30.1. The van der Waals surface area contributed by atoms with Gasteiger partial charge in [-0.05, 0) is 51.4 Å². The van der Waals surface area contributed by atoms with Gasteiger partial charge in [-0.1, -0.05) is 153 Å². The van der Waals surface area contributed by atoms with Crippen LogP contribution in [0.4, 0.5) is 0 Å². The minimum atomic E-state index is -0.884. The maximum Gasteiger partial charge on any atom is 0.307 e. The molecule has 0 fully saturated rings. The van der Waals surface area contributed by atoms with Crippen molar-refractivity contribution in [2.24, 2.45) is 0 Å². The average Bonchev–Trinajstić information content (AvgIpc) is 2.95. The van der Waals surface area contributed by atoms with E-state index in [0.717, 1.165) is 51.4 Å². The van der Waals surface area contributed by atoms with E-state index in [9.17, 15) is 14.7 Å². The maximum atomic E-state index is 12.3. The molecule has 0 aromatic rings. The topological polar surface area (TPSA) is 63.6 Å². The van der Waals surface area contributed by atoms with E-state index in [-0.39, 0.29) is 12.4 Å². The van der Waals surface area contributed by atoms with Gasteiger partial charge in [-0.15, -0.1) is 0 Å². The van der Waals surface area contributed by atoms with E-state index in [1.807, 2.05) is 0 Å². The van der Waals surface area contributed by atoms with E-state index in [2.05, 4.69) is 50.3 Å². The first-order valence-electron chi connectivity index (χ1n) is 17.5. The van der Waals surface area contributed by atoms with Gasteiger partial charge in [0.05, 0.1) is 6.42 Å². The number of carboxylic acids is 1. The molecule has 4 heteroatoms. The third-order valence-electron chi connectivity index (χ3n) is 7.61. The van der Waals surface area contributed by atoms with Gasteiger partial charge in [-0.3, -0.25) is 9.59 Å². The standard InChI is InChI=1S/C37H66O4/c1-3-5-7-9-11-13-15-16-17-18-19-20-21-22-23-25-27-29-31-33-37(40)41-35(34-36(38)39)32-30-28-26-24-14-12-10-8-6-4-2/h5,7,11,13,16-17,35H,3-4,6,8-10,12,14-15,18-34H2,1-2H3,(H,38,39)/b7-5-,13-11-,17-16-. The molecule has 0 saturated heterocycles. The first-order valence-corrected chi connectivity index (χ1v) is 17.5. The summed E-state index contributed by atoms with van der Waals surface area (Å²) in [5.41, 5.74) is 0. The van der Waals surface area contributed by atoms with Crippen molar-refractivity contribution in [1.82, 2.24) is 0 Å². The van der Waals surface area contributed by atoms with Gasteiger partial charge >= 0.3 is 11.9 Å². The van der Waals surface area contributed by atoms with Crippen LogP contribution in [0.15, 0.2) is 36.5 Å². The van der Waals surface area contributed by atoms with Crippen molar-refractivity contribution in [3.8, 4) is 0 Å². The summed E-state index contributed by atoms with van der Waals surface area (Å²) in [5, 5.41) is 9.21. The van der Waals surface area contributed by atoms with Crippen LogP contribution in [0.3, 0.4) is 0 Å². The van der Waals surface area contributed by atoms with Crippen molar-refractivity contribution in [3.63, 3.8) is 0 Å². The SMILES string of the molecule is CC/C=C\C/C=C\C/C=C\CCCCCCCCCCCC(=O)OC(CCCCCCCCCCCC)CC(=O)O. The molecule has 0 aliphatic rings. The number of carbonyl (C=O) groups is 2. The maximum absolute atomic E-state index is 12.3. The number of rotatable bonds is 31. The molecule has 41 heavy (non-hydrogen) atoms.